The molecule has 1 aliphatic heterocycles. The molecule has 1 fully saturated rings. The maximum absolute atomic E-state index is 5.26. The van der Waals surface area contributed by atoms with Crippen LogP contribution in [0.3, 0.4) is 0 Å². The minimum absolute atomic E-state index is 0.707. The molecule has 1 atom stereocenters. The summed E-state index contributed by atoms with van der Waals surface area (Å²) in [7, 11) is 1.71. The summed E-state index contributed by atoms with van der Waals surface area (Å²) in [6.07, 6.45) is 2.64. The van der Waals surface area contributed by atoms with E-state index in [4.69, 9.17) is 4.74 Å². The molecule has 0 aromatic heterocycles. The molecule has 1 heterocycles. The Bertz CT molecular complexity index is 367. The van der Waals surface area contributed by atoms with Crippen molar-refractivity contribution >= 4 is 15.9 Å². The third-order valence-corrected chi connectivity index (χ3v) is 4.09. The third-order valence-electron chi connectivity index (χ3n) is 3.32. The molecule has 0 aliphatic carbocycles. The summed E-state index contributed by atoms with van der Waals surface area (Å²) >= 11 is 3.60. The molecule has 0 N–H and O–H groups in total. The van der Waals surface area contributed by atoms with Gasteiger partial charge in [-0.1, -0.05) is 15.9 Å². The van der Waals surface area contributed by atoms with Crippen molar-refractivity contribution in [2.24, 2.45) is 0 Å². The Morgan fingerprint density at radius 3 is 2.94 bits per heavy atom. The molecule has 1 aromatic carbocycles. The molecule has 0 bridgehead atoms. The van der Waals surface area contributed by atoms with Crippen LogP contribution in [0.2, 0.25) is 0 Å². The number of ether oxygens (including phenoxy) is 1. The van der Waals surface area contributed by atoms with Crippen molar-refractivity contribution in [1.29, 1.82) is 0 Å². The second-order valence-corrected chi connectivity index (χ2v) is 5.27. The SMILES string of the molecule is COc1ccc(Br)c(CN2CCCC2C)c1. The van der Waals surface area contributed by atoms with Crippen LogP contribution in [0.25, 0.3) is 0 Å². The number of nitrogens with zero attached hydrogens (tertiary/aromatic N) is 1. The molecule has 2 nitrogen and oxygen atoms in total. The highest BCUT2D eigenvalue weighted by Gasteiger charge is 2.20. The number of hydrogen-bond acceptors (Lipinski definition) is 2. The third kappa shape index (κ3) is 2.58. The molecular formula is C13H18BrNO. The molecule has 1 unspecified atom stereocenters. The van der Waals surface area contributed by atoms with Crippen LogP contribution in [0.4, 0.5) is 0 Å². The van der Waals surface area contributed by atoms with Crippen molar-refractivity contribution in [2.75, 3.05) is 13.7 Å². The number of rotatable bonds is 3. The normalized spacial score (nSPS) is 21.3. The summed E-state index contributed by atoms with van der Waals surface area (Å²) < 4.78 is 6.44. The molecule has 0 amide bonds. The predicted molar refractivity (Wildman–Crippen MR) is 69.8 cm³/mol. The zero-order valence-corrected chi connectivity index (χ0v) is 11.5. The van der Waals surface area contributed by atoms with E-state index in [9.17, 15) is 0 Å². The van der Waals surface area contributed by atoms with Crippen LogP contribution in [-0.2, 0) is 6.54 Å². The van der Waals surface area contributed by atoms with Gasteiger partial charge in [-0.2, -0.15) is 0 Å². The van der Waals surface area contributed by atoms with Gasteiger partial charge in [-0.05, 0) is 50.1 Å². The first-order valence-electron chi connectivity index (χ1n) is 5.77. The summed E-state index contributed by atoms with van der Waals surface area (Å²) in [5, 5.41) is 0. The van der Waals surface area contributed by atoms with E-state index in [1.165, 1.54) is 29.4 Å². The zero-order valence-electron chi connectivity index (χ0n) is 9.87. The van der Waals surface area contributed by atoms with Crippen LogP contribution >= 0.6 is 15.9 Å². The summed E-state index contributed by atoms with van der Waals surface area (Å²) in [6, 6.07) is 6.88. The molecule has 0 radical (unpaired) electrons. The molecule has 1 aromatic rings. The van der Waals surface area contributed by atoms with Gasteiger partial charge in [-0.3, -0.25) is 4.90 Å². The first kappa shape index (κ1) is 11.9. The lowest BCUT2D eigenvalue weighted by Crippen LogP contribution is -2.26. The van der Waals surface area contributed by atoms with Crippen LogP contribution in [0.15, 0.2) is 22.7 Å². The van der Waals surface area contributed by atoms with E-state index in [0.717, 1.165) is 12.3 Å². The molecule has 1 saturated heterocycles. The lowest BCUT2D eigenvalue weighted by molar-refractivity contribution is 0.259. The van der Waals surface area contributed by atoms with E-state index in [0.29, 0.717) is 6.04 Å². The van der Waals surface area contributed by atoms with Gasteiger partial charge < -0.3 is 4.74 Å². The molecular weight excluding hydrogens is 266 g/mol. The summed E-state index contributed by atoms with van der Waals surface area (Å²) in [6.45, 7) is 4.53. The number of likely N-dealkylation sites (tertiary alicyclic amines) is 1. The predicted octanol–water partition coefficient (Wildman–Crippen LogP) is 3.44. The second-order valence-electron chi connectivity index (χ2n) is 4.42. The fourth-order valence-corrected chi connectivity index (χ4v) is 2.62. The van der Waals surface area contributed by atoms with Gasteiger partial charge in [0.2, 0.25) is 0 Å². The molecule has 1 aliphatic rings. The maximum atomic E-state index is 5.26. The Labute approximate surface area is 106 Å². The highest BCUT2D eigenvalue weighted by molar-refractivity contribution is 9.10. The second kappa shape index (κ2) is 5.19. The first-order chi connectivity index (χ1) is 7.70. The molecule has 3 heteroatoms. The summed E-state index contributed by atoms with van der Waals surface area (Å²) in [5.41, 5.74) is 1.31. The van der Waals surface area contributed by atoms with Gasteiger partial charge in [0.15, 0.2) is 0 Å². The standard InChI is InChI=1S/C13H18BrNO/c1-10-4-3-7-15(10)9-11-8-12(16-2)5-6-13(11)14/h5-6,8,10H,3-4,7,9H2,1-2H3. The minimum atomic E-state index is 0.707. The number of methoxy groups -OCH3 is 1. The molecule has 0 saturated carbocycles. The molecule has 16 heavy (non-hydrogen) atoms. The Balaban J connectivity index is 2.13. The van der Waals surface area contributed by atoms with Gasteiger partial charge in [-0.25, -0.2) is 0 Å². The fourth-order valence-electron chi connectivity index (χ4n) is 2.25. The Morgan fingerprint density at radius 2 is 2.31 bits per heavy atom. The molecule has 2 rings (SSSR count). The van der Waals surface area contributed by atoms with Crippen molar-refractivity contribution in [3.63, 3.8) is 0 Å². The van der Waals surface area contributed by atoms with Crippen molar-refractivity contribution in [3.8, 4) is 5.75 Å². The average molecular weight is 284 g/mol. The van der Waals surface area contributed by atoms with Gasteiger partial charge in [0.25, 0.3) is 0 Å². The van der Waals surface area contributed by atoms with E-state index in [1.807, 2.05) is 6.07 Å². The number of hydrogen-bond donors (Lipinski definition) is 0. The fraction of sp³-hybridized carbons (Fsp3) is 0.538. The van der Waals surface area contributed by atoms with Crippen LogP contribution < -0.4 is 4.74 Å². The molecule has 0 spiro atoms. The Morgan fingerprint density at radius 1 is 1.50 bits per heavy atom. The summed E-state index contributed by atoms with van der Waals surface area (Å²) in [5.74, 6) is 0.935. The van der Waals surface area contributed by atoms with E-state index < -0.39 is 0 Å². The maximum Gasteiger partial charge on any atom is 0.119 e. The topological polar surface area (TPSA) is 12.5 Å². The van der Waals surface area contributed by atoms with Crippen molar-refractivity contribution in [2.45, 2.75) is 32.4 Å². The minimum Gasteiger partial charge on any atom is -0.497 e. The van der Waals surface area contributed by atoms with Gasteiger partial charge in [0, 0.05) is 17.1 Å². The smallest absolute Gasteiger partial charge is 0.119 e. The van der Waals surface area contributed by atoms with Gasteiger partial charge >= 0.3 is 0 Å². The van der Waals surface area contributed by atoms with Crippen LogP contribution in [-0.4, -0.2) is 24.6 Å². The van der Waals surface area contributed by atoms with Gasteiger partial charge in [-0.15, -0.1) is 0 Å². The Hall–Kier alpha value is -0.540. The van der Waals surface area contributed by atoms with Crippen LogP contribution in [0.5, 0.6) is 5.75 Å². The number of benzene rings is 1. The zero-order chi connectivity index (χ0) is 11.5. The van der Waals surface area contributed by atoms with Gasteiger partial charge in [0.1, 0.15) is 5.75 Å². The van der Waals surface area contributed by atoms with Gasteiger partial charge in [0.05, 0.1) is 7.11 Å². The highest BCUT2D eigenvalue weighted by Crippen LogP contribution is 2.26. The number of halogens is 1. The average Bonchev–Trinajstić information content (AvgIpc) is 2.68. The van der Waals surface area contributed by atoms with E-state index in [2.05, 4.69) is 39.9 Å². The molecule has 88 valence electrons. The highest BCUT2D eigenvalue weighted by atomic mass is 79.9. The lowest BCUT2D eigenvalue weighted by atomic mass is 10.2. The summed E-state index contributed by atoms with van der Waals surface area (Å²) in [4.78, 5) is 2.53. The van der Waals surface area contributed by atoms with E-state index in [-0.39, 0.29) is 0 Å². The van der Waals surface area contributed by atoms with Crippen LogP contribution in [0.1, 0.15) is 25.3 Å². The van der Waals surface area contributed by atoms with Crippen LogP contribution in [0, 0.1) is 0 Å². The first-order valence-corrected chi connectivity index (χ1v) is 6.56. The van der Waals surface area contributed by atoms with E-state index >= 15 is 0 Å². The Kier molecular flexibility index (Phi) is 3.87. The van der Waals surface area contributed by atoms with Crippen molar-refractivity contribution in [1.82, 2.24) is 4.90 Å². The largest absolute Gasteiger partial charge is 0.497 e. The quantitative estimate of drug-likeness (QED) is 0.843. The monoisotopic (exact) mass is 283 g/mol. The van der Waals surface area contributed by atoms with Crippen molar-refractivity contribution < 1.29 is 4.74 Å². The van der Waals surface area contributed by atoms with E-state index in [1.54, 1.807) is 7.11 Å². The lowest BCUT2D eigenvalue weighted by Gasteiger charge is -2.21. The van der Waals surface area contributed by atoms with Crippen molar-refractivity contribution in [3.05, 3.63) is 28.2 Å².